The van der Waals surface area contributed by atoms with Crippen molar-refractivity contribution in [1.29, 1.82) is 0 Å². The zero-order chi connectivity index (χ0) is 27.7. The Hall–Kier alpha value is -3.88. The zero-order valence-electron chi connectivity index (χ0n) is 23.0. The van der Waals surface area contributed by atoms with E-state index in [2.05, 4.69) is 10.2 Å². The second-order valence-corrected chi connectivity index (χ2v) is 10.3. The molecule has 1 N–H and O–H groups in total. The zero-order valence-corrected chi connectivity index (χ0v) is 23.0. The van der Waals surface area contributed by atoms with Crippen LogP contribution in [0.5, 0.6) is 0 Å². The molecule has 4 aromatic rings. The minimum Gasteiger partial charge on any atom is -0.450 e. The summed E-state index contributed by atoms with van der Waals surface area (Å²) in [5.74, 6) is 0.291. The van der Waals surface area contributed by atoms with Gasteiger partial charge in [0, 0.05) is 17.3 Å². The van der Waals surface area contributed by atoms with Gasteiger partial charge in [-0.2, -0.15) is 0 Å². The number of amides is 1. The van der Waals surface area contributed by atoms with Crippen LogP contribution in [0.3, 0.4) is 0 Å². The summed E-state index contributed by atoms with van der Waals surface area (Å²) in [4.78, 5) is 27.7. The molecule has 0 aliphatic carbocycles. The fourth-order valence-corrected chi connectivity index (χ4v) is 5.39. The number of rotatable bonds is 10. The number of likely N-dealkylation sites (tertiary alicyclic amines) is 1. The highest BCUT2D eigenvalue weighted by molar-refractivity contribution is 6.12. The molecular weight excluding hydrogens is 506 g/mol. The average molecular weight is 544 g/mol. The van der Waals surface area contributed by atoms with Gasteiger partial charge in [-0.25, -0.2) is 14.2 Å². The monoisotopic (exact) mass is 543 g/mol. The van der Waals surface area contributed by atoms with Crippen LogP contribution >= 0.6 is 0 Å². The molecular formula is C32H37N3O5. The van der Waals surface area contributed by atoms with Gasteiger partial charge in [-0.05, 0) is 56.5 Å². The first-order valence-electron chi connectivity index (χ1n) is 14.0. The quantitative estimate of drug-likeness (QED) is 0.271. The maximum absolute atomic E-state index is 13.2. The van der Waals surface area contributed by atoms with Gasteiger partial charge in [0.2, 0.25) is 0 Å². The van der Waals surface area contributed by atoms with Crippen LogP contribution in [0, 0.1) is 5.92 Å². The van der Waals surface area contributed by atoms with E-state index in [0.717, 1.165) is 53.3 Å². The minimum absolute atomic E-state index is 0.188. The van der Waals surface area contributed by atoms with Crippen LogP contribution in [0.4, 0.5) is 9.59 Å². The van der Waals surface area contributed by atoms with Crippen molar-refractivity contribution in [1.82, 2.24) is 14.8 Å². The van der Waals surface area contributed by atoms with Crippen LogP contribution in [-0.2, 0) is 20.8 Å². The molecule has 1 aromatic heterocycles. The van der Waals surface area contributed by atoms with Gasteiger partial charge >= 0.3 is 12.2 Å². The maximum Gasteiger partial charge on any atom is 0.418 e. The number of nitrogens with one attached hydrogen (secondary N) is 1. The van der Waals surface area contributed by atoms with E-state index in [1.54, 1.807) is 11.5 Å². The van der Waals surface area contributed by atoms with E-state index in [9.17, 15) is 9.59 Å². The first kappa shape index (κ1) is 27.7. The molecule has 1 amide bonds. The molecule has 40 heavy (non-hydrogen) atoms. The topological polar surface area (TPSA) is 82.0 Å². The average Bonchev–Trinajstić information content (AvgIpc) is 3.32. The first-order chi connectivity index (χ1) is 19.6. The Kier molecular flexibility index (Phi) is 9.31. The van der Waals surface area contributed by atoms with E-state index in [1.165, 1.54) is 0 Å². The Bertz CT molecular complexity index is 1360. The highest BCUT2D eigenvalue weighted by atomic mass is 16.6. The highest BCUT2D eigenvalue weighted by Gasteiger charge is 2.25. The molecule has 1 fully saturated rings. The third kappa shape index (κ3) is 6.81. The summed E-state index contributed by atoms with van der Waals surface area (Å²) >= 11 is 0. The lowest BCUT2D eigenvalue weighted by atomic mass is 9.97. The van der Waals surface area contributed by atoms with E-state index in [-0.39, 0.29) is 12.1 Å². The number of aromatic nitrogens is 1. The largest absolute Gasteiger partial charge is 0.450 e. The van der Waals surface area contributed by atoms with E-state index in [0.29, 0.717) is 38.9 Å². The molecule has 1 saturated heterocycles. The van der Waals surface area contributed by atoms with Gasteiger partial charge in [0.15, 0.2) is 0 Å². The van der Waals surface area contributed by atoms with Gasteiger partial charge < -0.3 is 24.4 Å². The van der Waals surface area contributed by atoms with Crippen molar-refractivity contribution in [2.75, 3.05) is 39.5 Å². The molecule has 2 heterocycles. The summed E-state index contributed by atoms with van der Waals surface area (Å²) in [7, 11) is 0. The third-order valence-corrected chi connectivity index (χ3v) is 7.42. The van der Waals surface area contributed by atoms with Crippen LogP contribution in [0.15, 0.2) is 78.9 Å². The number of nitrogens with zero attached hydrogens (tertiary/aromatic N) is 2. The molecule has 5 rings (SSSR count). The number of hydrogen-bond acceptors (Lipinski definition) is 6. The van der Waals surface area contributed by atoms with Gasteiger partial charge in [-0.1, -0.05) is 66.7 Å². The first-order valence-corrected chi connectivity index (χ1v) is 14.0. The Balaban J connectivity index is 1.12. The lowest BCUT2D eigenvalue weighted by molar-refractivity contribution is 0.0644. The van der Waals surface area contributed by atoms with Gasteiger partial charge in [-0.15, -0.1) is 0 Å². The van der Waals surface area contributed by atoms with Crippen molar-refractivity contribution in [2.24, 2.45) is 5.92 Å². The lowest BCUT2D eigenvalue weighted by Gasteiger charge is -2.34. The maximum atomic E-state index is 13.2. The number of carbonyl (C=O) groups is 2. The van der Waals surface area contributed by atoms with Crippen molar-refractivity contribution in [3.8, 4) is 0 Å². The normalized spacial score (nSPS) is 15.2. The smallest absolute Gasteiger partial charge is 0.418 e. The molecule has 0 saturated carbocycles. The molecule has 3 aromatic carbocycles. The number of fused-ring (bicyclic) bond motifs is 3. The molecule has 1 aliphatic heterocycles. The predicted molar refractivity (Wildman–Crippen MR) is 155 cm³/mol. The molecule has 210 valence electrons. The molecule has 0 radical (unpaired) electrons. The van der Waals surface area contributed by atoms with Crippen molar-refractivity contribution in [2.45, 2.75) is 32.4 Å². The van der Waals surface area contributed by atoms with E-state index >= 15 is 0 Å². The van der Waals surface area contributed by atoms with Gasteiger partial charge in [-0.3, -0.25) is 0 Å². The number of ether oxygens (including phenoxy) is 3. The van der Waals surface area contributed by atoms with Crippen LogP contribution in [0.25, 0.3) is 21.8 Å². The Morgan fingerprint density at radius 1 is 0.875 bits per heavy atom. The summed E-state index contributed by atoms with van der Waals surface area (Å²) in [6.07, 6.45) is 1.06. The van der Waals surface area contributed by atoms with E-state index in [4.69, 9.17) is 14.2 Å². The van der Waals surface area contributed by atoms with Crippen LogP contribution in [-0.4, -0.2) is 67.2 Å². The van der Waals surface area contributed by atoms with Crippen molar-refractivity contribution in [3.63, 3.8) is 0 Å². The Morgan fingerprint density at radius 3 is 2.15 bits per heavy atom. The fourth-order valence-electron chi connectivity index (χ4n) is 5.39. The molecule has 0 unspecified atom stereocenters. The summed E-state index contributed by atoms with van der Waals surface area (Å²) < 4.78 is 18.6. The number of alkyl carbamates (subject to hydrolysis) is 1. The van der Waals surface area contributed by atoms with Crippen molar-refractivity contribution >= 4 is 34.0 Å². The van der Waals surface area contributed by atoms with Crippen LogP contribution in [0.2, 0.25) is 0 Å². The van der Waals surface area contributed by atoms with Crippen molar-refractivity contribution in [3.05, 3.63) is 84.4 Å². The molecule has 0 spiro atoms. The van der Waals surface area contributed by atoms with E-state index in [1.807, 2.05) is 78.9 Å². The molecule has 8 nitrogen and oxygen atoms in total. The summed E-state index contributed by atoms with van der Waals surface area (Å²) in [5, 5.41) is 5.03. The van der Waals surface area contributed by atoms with Crippen LogP contribution < -0.4 is 5.32 Å². The Morgan fingerprint density at radius 2 is 1.50 bits per heavy atom. The van der Waals surface area contributed by atoms with Gasteiger partial charge in [0.1, 0.15) is 0 Å². The van der Waals surface area contributed by atoms with Gasteiger partial charge in [0.05, 0.1) is 43.5 Å². The molecule has 1 atom stereocenters. The van der Waals surface area contributed by atoms with Gasteiger partial charge in [0.25, 0.3) is 0 Å². The fraction of sp³-hybridized carbons (Fsp3) is 0.375. The number of benzene rings is 3. The minimum atomic E-state index is -0.428. The summed E-state index contributed by atoms with van der Waals surface area (Å²) in [6.45, 7) is 5.76. The summed E-state index contributed by atoms with van der Waals surface area (Å²) in [6, 6.07) is 25.6. The molecule has 0 bridgehead atoms. The molecule has 1 aliphatic rings. The number of piperidine rings is 1. The standard InChI is InChI=1S/C32H37N3O5/c1-2-39-31(36)33-26(23-38-21-24-10-4-3-5-11-24)20-34-18-16-25(17-19-34)22-40-32(37)35-29-14-8-6-12-27(29)28-13-7-9-15-30(28)35/h3-15,25-26H,2,16-23H2,1H3,(H,33,36)/t26-/m1/s1. The molecule has 8 heteroatoms. The van der Waals surface area contributed by atoms with E-state index < -0.39 is 6.09 Å². The predicted octanol–water partition coefficient (Wildman–Crippen LogP) is 5.82. The lowest BCUT2D eigenvalue weighted by Crippen LogP contribution is -2.48. The second-order valence-electron chi connectivity index (χ2n) is 10.3. The highest BCUT2D eigenvalue weighted by Crippen LogP contribution is 2.29. The second kappa shape index (κ2) is 13.5. The van der Waals surface area contributed by atoms with Crippen LogP contribution in [0.1, 0.15) is 25.3 Å². The number of para-hydroxylation sites is 2. The third-order valence-electron chi connectivity index (χ3n) is 7.42. The van der Waals surface area contributed by atoms with Crippen molar-refractivity contribution < 1.29 is 23.8 Å². The summed E-state index contributed by atoms with van der Waals surface area (Å²) in [5.41, 5.74) is 2.81. The number of hydrogen-bond donors (Lipinski definition) is 1. The Labute approximate surface area is 234 Å². The number of carbonyl (C=O) groups excluding carboxylic acids is 2. The SMILES string of the molecule is CCOC(=O)N[C@@H](COCc1ccccc1)CN1CCC(COC(=O)n2c3ccccc3c3ccccc32)CC1.